The van der Waals surface area contributed by atoms with Crippen LogP contribution in [0, 0.1) is 12.8 Å². The normalized spacial score (nSPS) is 17.7. The standard InChI is InChI=1S/C18H23N3O5S/c1-13-17(19-12-26-13)18(22)21-9-3-4-14(11-21)10-20-27(23,24)16-7-5-15(25-2)6-8-16/h5-8,12,14,20H,3-4,9-11H2,1-2H3/t14-/m1/s1. The molecular formula is C18H23N3O5S. The van der Waals surface area contributed by atoms with Crippen molar-refractivity contribution in [1.29, 1.82) is 0 Å². The van der Waals surface area contributed by atoms with E-state index in [2.05, 4.69) is 9.71 Å². The van der Waals surface area contributed by atoms with Crippen LogP contribution in [0.4, 0.5) is 0 Å². The quantitative estimate of drug-likeness (QED) is 0.803. The Labute approximate surface area is 158 Å². The summed E-state index contributed by atoms with van der Waals surface area (Å²) in [7, 11) is -2.08. The minimum atomic E-state index is -3.61. The summed E-state index contributed by atoms with van der Waals surface area (Å²) >= 11 is 0. The van der Waals surface area contributed by atoms with E-state index < -0.39 is 10.0 Å². The van der Waals surface area contributed by atoms with Crippen molar-refractivity contribution in [2.24, 2.45) is 5.92 Å². The SMILES string of the molecule is COc1ccc(S(=O)(=O)NC[C@H]2CCCN(C(=O)c3ncoc3C)C2)cc1. The average molecular weight is 393 g/mol. The summed E-state index contributed by atoms with van der Waals surface area (Å²) in [6, 6.07) is 6.22. The number of amides is 1. The first-order valence-corrected chi connectivity index (χ1v) is 10.2. The van der Waals surface area contributed by atoms with Crippen LogP contribution in [-0.2, 0) is 10.0 Å². The number of methoxy groups -OCH3 is 1. The number of piperidine rings is 1. The zero-order valence-corrected chi connectivity index (χ0v) is 16.2. The Morgan fingerprint density at radius 3 is 2.74 bits per heavy atom. The van der Waals surface area contributed by atoms with Crippen LogP contribution in [0.1, 0.15) is 29.1 Å². The Hall–Kier alpha value is -2.39. The third kappa shape index (κ3) is 4.48. The number of oxazole rings is 1. The van der Waals surface area contributed by atoms with Crippen LogP contribution >= 0.6 is 0 Å². The number of hydrogen-bond donors (Lipinski definition) is 1. The smallest absolute Gasteiger partial charge is 0.276 e. The van der Waals surface area contributed by atoms with Crippen molar-refractivity contribution in [1.82, 2.24) is 14.6 Å². The lowest BCUT2D eigenvalue weighted by molar-refractivity contribution is 0.0669. The number of likely N-dealkylation sites (tertiary alicyclic amines) is 1. The van der Waals surface area contributed by atoms with Gasteiger partial charge in [0.25, 0.3) is 5.91 Å². The van der Waals surface area contributed by atoms with Gasteiger partial charge in [-0.2, -0.15) is 0 Å². The monoisotopic (exact) mass is 393 g/mol. The number of nitrogens with zero attached hydrogens (tertiary/aromatic N) is 2. The van der Waals surface area contributed by atoms with Gasteiger partial charge < -0.3 is 14.1 Å². The van der Waals surface area contributed by atoms with Crippen molar-refractivity contribution in [2.75, 3.05) is 26.7 Å². The van der Waals surface area contributed by atoms with Crippen molar-refractivity contribution >= 4 is 15.9 Å². The number of rotatable bonds is 6. The molecule has 0 spiro atoms. The lowest BCUT2D eigenvalue weighted by atomic mass is 9.98. The largest absolute Gasteiger partial charge is 0.497 e. The van der Waals surface area contributed by atoms with E-state index in [1.807, 2.05) is 0 Å². The highest BCUT2D eigenvalue weighted by Gasteiger charge is 2.28. The zero-order chi connectivity index (χ0) is 19.4. The number of ether oxygens (including phenoxy) is 1. The summed E-state index contributed by atoms with van der Waals surface area (Å²) < 4.78 is 37.7. The molecular weight excluding hydrogens is 370 g/mol. The first-order chi connectivity index (χ1) is 12.9. The highest BCUT2D eigenvalue weighted by molar-refractivity contribution is 7.89. The molecule has 3 rings (SSSR count). The highest BCUT2D eigenvalue weighted by Crippen LogP contribution is 2.20. The van der Waals surface area contributed by atoms with E-state index in [0.29, 0.717) is 30.3 Å². The Morgan fingerprint density at radius 2 is 2.11 bits per heavy atom. The fourth-order valence-corrected chi connectivity index (χ4v) is 4.26. The summed E-state index contributed by atoms with van der Waals surface area (Å²) in [4.78, 5) is 18.4. The maximum atomic E-state index is 12.6. The van der Waals surface area contributed by atoms with Gasteiger partial charge in [0.1, 0.15) is 11.5 Å². The molecule has 2 heterocycles. The highest BCUT2D eigenvalue weighted by atomic mass is 32.2. The van der Waals surface area contributed by atoms with E-state index in [1.165, 1.54) is 25.6 Å². The minimum Gasteiger partial charge on any atom is -0.497 e. The molecule has 1 N–H and O–H groups in total. The molecule has 1 amide bonds. The predicted molar refractivity (Wildman–Crippen MR) is 98.1 cm³/mol. The minimum absolute atomic E-state index is 0.0444. The molecule has 2 aromatic rings. The number of sulfonamides is 1. The van der Waals surface area contributed by atoms with Gasteiger partial charge in [-0.3, -0.25) is 4.79 Å². The van der Waals surface area contributed by atoms with Gasteiger partial charge in [-0.15, -0.1) is 0 Å². The average Bonchev–Trinajstić information content (AvgIpc) is 3.12. The lowest BCUT2D eigenvalue weighted by Crippen LogP contribution is -2.44. The van der Waals surface area contributed by atoms with Crippen molar-refractivity contribution in [2.45, 2.75) is 24.7 Å². The Morgan fingerprint density at radius 1 is 1.37 bits per heavy atom. The van der Waals surface area contributed by atoms with E-state index in [0.717, 1.165) is 12.8 Å². The van der Waals surface area contributed by atoms with Crippen LogP contribution in [0.2, 0.25) is 0 Å². The molecule has 1 atom stereocenters. The molecule has 0 unspecified atom stereocenters. The van der Waals surface area contributed by atoms with Crippen LogP contribution in [0.15, 0.2) is 40.0 Å². The van der Waals surface area contributed by atoms with Gasteiger partial charge in [-0.25, -0.2) is 18.1 Å². The van der Waals surface area contributed by atoms with E-state index in [-0.39, 0.29) is 23.3 Å². The molecule has 8 nitrogen and oxygen atoms in total. The number of hydrogen-bond acceptors (Lipinski definition) is 6. The second kappa shape index (κ2) is 8.10. The second-order valence-corrected chi connectivity index (χ2v) is 8.31. The Balaban J connectivity index is 1.60. The van der Waals surface area contributed by atoms with Gasteiger partial charge in [-0.05, 0) is 49.9 Å². The predicted octanol–water partition coefficient (Wildman–Crippen LogP) is 1.82. The number of carbonyl (C=O) groups excluding carboxylic acids is 1. The van der Waals surface area contributed by atoms with Gasteiger partial charge in [0, 0.05) is 19.6 Å². The number of aryl methyl sites for hydroxylation is 1. The fourth-order valence-electron chi connectivity index (χ4n) is 3.14. The van der Waals surface area contributed by atoms with Crippen LogP contribution < -0.4 is 9.46 Å². The number of nitrogens with one attached hydrogen (secondary N) is 1. The number of aromatic nitrogens is 1. The molecule has 1 aromatic heterocycles. The topological polar surface area (TPSA) is 102 Å². The van der Waals surface area contributed by atoms with Crippen LogP contribution in [-0.4, -0.2) is 51.0 Å². The second-order valence-electron chi connectivity index (χ2n) is 6.54. The summed E-state index contributed by atoms with van der Waals surface area (Å²) in [5.41, 5.74) is 0.314. The molecule has 1 aliphatic heterocycles. The first kappa shape index (κ1) is 19.4. The van der Waals surface area contributed by atoms with Crippen molar-refractivity contribution in [3.63, 3.8) is 0 Å². The van der Waals surface area contributed by atoms with Crippen LogP contribution in [0.5, 0.6) is 5.75 Å². The van der Waals surface area contributed by atoms with Crippen LogP contribution in [0.3, 0.4) is 0 Å². The molecule has 0 aliphatic carbocycles. The Kier molecular flexibility index (Phi) is 5.81. The summed E-state index contributed by atoms with van der Waals surface area (Å²) in [6.45, 7) is 3.09. The zero-order valence-electron chi connectivity index (χ0n) is 15.3. The number of carbonyl (C=O) groups is 1. The van der Waals surface area contributed by atoms with E-state index in [1.54, 1.807) is 24.0 Å². The summed E-state index contributed by atoms with van der Waals surface area (Å²) in [6.07, 6.45) is 2.93. The van der Waals surface area contributed by atoms with E-state index in [9.17, 15) is 13.2 Å². The molecule has 9 heteroatoms. The van der Waals surface area contributed by atoms with Gasteiger partial charge in [0.05, 0.1) is 12.0 Å². The van der Waals surface area contributed by atoms with Crippen molar-refractivity contribution in [3.05, 3.63) is 42.1 Å². The third-order valence-corrected chi connectivity index (χ3v) is 6.12. The van der Waals surface area contributed by atoms with Gasteiger partial charge >= 0.3 is 0 Å². The molecule has 146 valence electrons. The third-order valence-electron chi connectivity index (χ3n) is 4.69. The maximum Gasteiger partial charge on any atom is 0.276 e. The summed E-state index contributed by atoms with van der Waals surface area (Å²) in [5, 5.41) is 0. The molecule has 1 fully saturated rings. The van der Waals surface area contributed by atoms with Crippen molar-refractivity contribution < 1.29 is 22.4 Å². The lowest BCUT2D eigenvalue weighted by Gasteiger charge is -2.32. The van der Waals surface area contributed by atoms with Crippen LogP contribution in [0.25, 0.3) is 0 Å². The van der Waals surface area contributed by atoms with Crippen molar-refractivity contribution in [3.8, 4) is 5.75 Å². The van der Waals surface area contributed by atoms with E-state index >= 15 is 0 Å². The maximum absolute atomic E-state index is 12.6. The fraction of sp³-hybridized carbons (Fsp3) is 0.444. The van der Waals surface area contributed by atoms with Gasteiger partial charge in [0.2, 0.25) is 10.0 Å². The van der Waals surface area contributed by atoms with Gasteiger partial charge in [-0.1, -0.05) is 0 Å². The first-order valence-electron chi connectivity index (χ1n) is 8.74. The van der Waals surface area contributed by atoms with E-state index in [4.69, 9.17) is 9.15 Å². The molecule has 1 aromatic carbocycles. The molecule has 27 heavy (non-hydrogen) atoms. The number of benzene rings is 1. The molecule has 0 bridgehead atoms. The Bertz CT molecular complexity index is 892. The molecule has 0 saturated carbocycles. The van der Waals surface area contributed by atoms with Gasteiger partial charge in [0.15, 0.2) is 12.1 Å². The summed E-state index contributed by atoms with van der Waals surface area (Å²) in [5.74, 6) is 0.952. The molecule has 0 radical (unpaired) electrons. The molecule has 1 saturated heterocycles. The molecule has 1 aliphatic rings.